The fraction of sp³-hybridized carbons (Fsp3) is 0.471. The number of carbonyl (C=O) groups excluding carboxylic acids is 1. The molecule has 4 heteroatoms. The maximum absolute atomic E-state index is 12.9. The van der Waals surface area contributed by atoms with Crippen LogP contribution in [-0.2, 0) is 0 Å². The molecule has 1 aliphatic rings. The van der Waals surface area contributed by atoms with E-state index in [9.17, 15) is 4.79 Å². The van der Waals surface area contributed by atoms with Crippen molar-refractivity contribution >= 4 is 27.3 Å². The number of amides is 1. The molecule has 1 unspecified atom stereocenters. The summed E-state index contributed by atoms with van der Waals surface area (Å²) in [6, 6.07) is 10.9. The molecule has 0 saturated carbocycles. The standard InChI is InChI=1S/C17H22N2OS/c1-12(2)19(11-14-7-5-9-18-14)17(20)16-10-13-6-3-4-8-15(13)21-16/h3-4,6,8,10,12,14,18H,5,7,9,11H2,1-2H3. The zero-order valence-electron chi connectivity index (χ0n) is 12.6. The average molecular weight is 302 g/mol. The topological polar surface area (TPSA) is 32.3 Å². The predicted molar refractivity (Wildman–Crippen MR) is 89.0 cm³/mol. The summed E-state index contributed by atoms with van der Waals surface area (Å²) in [5.74, 6) is 0.167. The lowest BCUT2D eigenvalue weighted by molar-refractivity contribution is 0.0694. The molecule has 21 heavy (non-hydrogen) atoms. The molecule has 3 rings (SSSR count). The maximum Gasteiger partial charge on any atom is 0.264 e. The number of carbonyl (C=O) groups is 1. The number of fused-ring (bicyclic) bond motifs is 1. The Morgan fingerprint density at radius 1 is 1.43 bits per heavy atom. The summed E-state index contributed by atoms with van der Waals surface area (Å²) in [5, 5.41) is 4.65. The Morgan fingerprint density at radius 3 is 2.90 bits per heavy atom. The van der Waals surface area contributed by atoms with Crippen molar-refractivity contribution in [3.05, 3.63) is 35.2 Å². The van der Waals surface area contributed by atoms with Crippen LogP contribution in [0.5, 0.6) is 0 Å². The lowest BCUT2D eigenvalue weighted by Gasteiger charge is -2.29. The van der Waals surface area contributed by atoms with Crippen molar-refractivity contribution in [3.8, 4) is 0 Å². The molecule has 3 nitrogen and oxygen atoms in total. The third-order valence-electron chi connectivity index (χ3n) is 4.10. The highest BCUT2D eigenvalue weighted by Crippen LogP contribution is 2.27. The van der Waals surface area contributed by atoms with E-state index in [4.69, 9.17) is 0 Å². The van der Waals surface area contributed by atoms with Crippen LogP contribution in [0.3, 0.4) is 0 Å². The van der Waals surface area contributed by atoms with Gasteiger partial charge in [0.2, 0.25) is 0 Å². The second-order valence-electron chi connectivity index (χ2n) is 5.99. The minimum absolute atomic E-state index is 0.167. The van der Waals surface area contributed by atoms with Crippen LogP contribution in [0.1, 0.15) is 36.4 Å². The second-order valence-corrected chi connectivity index (χ2v) is 7.08. The van der Waals surface area contributed by atoms with Crippen LogP contribution in [0.25, 0.3) is 10.1 Å². The molecule has 0 radical (unpaired) electrons. The van der Waals surface area contributed by atoms with Gasteiger partial charge in [-0.2, -0.15) is 0 Å². The first-order chi connectivity index (χ1) is 10.1. The van der Waals surface area contributed by atoms with Crippen molar-refractivity contribution < 1.29 is 4.79 Å². The number of hydrogen-bond donors (Lipinski definition) is 1. The molecule has 1 fully saturated rings. The van der Waals surface area contributed by atoms with Crippen LogP contribution >= 0.6 is 11.3 Å². The van der Waals surface area contributed by atoms with E-state index in [1.807, 2.05) is 23.1 Å². The third kappa shape index (κ3) is 3.11. The van der Waals surface area contributed by atoms with E-state index in [-0.39, 0.29) is 11.9 Å². The van der Waals surface area contributed by atoms with E-state index >= 15 is 0 Å². The lowest BCUT2D eigenvalue weighted by Crippen LogP contribution is -2.44. The minimum Gasteiger partial charge on any atom is -0.334 e. The van der Waals surface area contributed by atoms with E-state index < -0.39 is 0 Å². The van der Waals surface area contributed by atoms with E-state index in [1.165, 1.54) is 17.5 Å². The van der Waals surface area contributed by atoms with Gasteiger partial charge in [0, 0.05) is 23.3 Å². The Hall–Kier alpha value is -1.39. The zero-order chi connectivity index (χ0) is 14.8. The number of thiophene rings is 1. The highest BCUT2D eigenvalue weighted by Gasteiger charge is 2.25. The molecule has 112 valence electrons. The van der Waals surface area contributed by atoms with Crippen LogP contribution in [0.4, 0.5) is 0 Å². The monoisotopic (exact) mass is 302 g/mol. The van der Waals surface area contributed by atoms with Crippen LogP contribution < -0.4 is 5.32 Å². The smallest absolute Gasteiger partial charge is 0.264 e. The summed E-state index contributed by atoms with van der Waals surface area (Å²) in [7, 11) is 0. The van der Waals surface area contributed by atoms with Crippen molar-refractivity contribution in [2.75, 3.05) is 13.1 Å². The summed E-state index contributed by atoms with van der Waals surface area (Å²) < 4.78 is 1.18. The number of benzene rings is 1. The van der Waals surface area contributed by atoms with Crippen molar-refractivity contribution in [2.45, 2.75) is 38.8 Å². The lowest BCUT2D eigenvalue weighted by atomic mass is 10.1. The van der Waals surface area contributed by atoms with Crippen LogP contribution in [0, 0.1) is 0 Å². The van der Waals surface area contributed by atoms with Crippen LogP contribution in [0.2, 0.25) is 0 Å². The van der Waals surface area contributed by atoms with E-state index in [1.54, 1.807) is 11.3 Å². The number of hydrogen-bond acceptors (Lipinski definition) is 3. The van der Waals surface area contributed by atoms with Crippen LogP contribution in [-0.4, -0.2) is 36.0 Å². The Bertz CT molecular complexity index is 596. The van der Waals surface area contributed by atoms with Gasteiger partial charge in [-0.15, -0.1) is 11.3 Å². The first-order valence-electron chi connectivity index (χ1n) is 7.68. The second kappa shape index (κ2) is 6.16. The van der Waals surface area contributed by atoms with Crippen molar-refractivity contribution in [1.82, 2.24) is 10.2 Å². The molecule has 0 bridgehead atoms. The molecule has 1 amide bonds. The van der Waals surface area contributed by atoms with Gasteiger partial charge in [0.25, 0.3) is 5.91 Å². The van der Waals surface area contributed by atoms with Gasteiger partial charge < -0.3 is 10.2 Å². The van der Waals surface area contributed by atoms with E-state index in [0.29, 0.717) is 6.04 Å². The number of nitrogens with one attached hydrogen (secondary N) is 1. The normalized spacial score (nSPS) is 18.5. The van der Waals surface area contributed by atoms with Gasteiger partial charge in [-0.1, -0.05) is 18.2 Å². The molecule has 1 aromatic carbocycles. The Balaban J connectivity index is 1.82. The Labute approximate surface area is 130 Å². The summed E-state index contributed by atoms with van der Waals surface area (Å²) >= 11 is 1.60. The molecule has 1 saturated heterocycles. The van der Waals surface area contributed by atoms with Gasteiger partial charge in [0.1, 0.15) is 0 Å². The van der Waals surface area contributed by atoms with Gasteiger partial charge >= 0.3 is 0 Å². The fourth-order valence-corrected chi connectivity index (χ4v) is 3.93. The molecule has 1 aromatic heterocycles. The summed E-state index contributed by atoms with van der Waals surface area (Å²) in [6.45, 7) is 6.08. The quantitative estimate of drug-likeness (QED) is 0.937. The summed E-state index contributed by atoms with van der Waals surface area (Å²) in [5.41, 5.74) is 0. The average Bonchev–Trinajstić information content (AvgIpc) is 3.12. The van der Waals surface area contributed by atoms with Crippen molar-refractivity contribution in [2.24, 2.45) is 0 Å². The molecule has 2 heterocycles. The van der Waals surface area contributed by atoms with Gasteiger partial charge in [-0.25, -0.2) is 0 Å². The highest BCUT2D eigenvalue weighted by atomic mass is 32.1. The van der Waals surface area contributed by atoms with Gasteiger partial charge in [-0.3, -0.25) is 4.79 Å². The number of rotatable bonds is 4. The van der Waals surface area contributed by atoms with Gasteiger partial charge in [0.15, 0.2) is 0 Å². The predicted octanol–water partition coefficient (Wildman–Crippen LogP) is 3.50. The maximum atomic E-state index is 12.9. The largest absolute Gasteiger partial charge is 0.334 e. The Kier molecular flexibility index (Phi) is 4.27. The molecule has 0 spiro atoms. The van der Waals surface area contributed by atoms with E-state index in [0.717, 1.165) is 23.4 Å². The van der Waals surface area contributed by atoms with E-state index in [2.05, 4.69) is 31.3 Å². The molecule has 2 aromatic rings. The summed E-state index contributed by atoms with van der Waals surface area (Å²) in [4.78, 5) is 15.7. The fourth-order valence-electron chi connectivity index (χ4n) is 2.91. The SMILES string of the molecule is CC(C)N(CC1CCCN1)C(=O)c1cc2ccccc2s1. The molecule has 0 aliphatic carbocycles. The molecular weight excluding hydrogens is 280 g/mol. The van der Waals surface area contributed by atoms with Crippen LogP contribution in [0.15, 0.2) is 30.3 Å². The molecule has 1 aliphatic heterocycles. The molecular formula is C17H22N2OS. The van der Waals surface area contributed by atoms with Crippen molar-refractivity contribution in [3.63, 3.8) is 0 Å². The zero-order valence-corrected chi connectivity index (χ0v) is 13.5. The minimum atomic E-state index is 0.167. The highest BCUT2D eigenvalue weighted by molar-refractivity contribution is 7.20. The first-order valence-corrected chi connectivity index (χ1v) is 8.50. The third-order valence-corrected chi connectivity index (χ3v) is 5.20. The van der Waals surface area contributed by atoms with Crippen molar-refractivity contribution in [1.29, 1.82) is 0 Å². The molecule has 1 N–H and O–H groups in total. The Morgan fingerprint density at radius 2 is 2.24 bits per heavy atom. The number of nitrogens with zero attached hydrogens (tertiary/aromatic N) is 1. The van der Waals surface area contributed by atoms with Gasteiger partial charge in [-0.05, 0) is 50.8 Å². The van der Waals surface area contributed by atoms with Gasteiger partial charge in [0.05, 0.1) is 4.88 Å². The first kappa shape index (κ1) is 14.5. The summed E-state index contributed by atoms with van der Waals surface area (Å²) in [6.07, 6.45) is 2.39. The molecule has 1 atom stereocenters.